The Morgan fingerprint density at radius 2 is 2.09 bits per heavy atom. The van der Waals surface area contributed by atoms with Crippen molar-refractivity contribution in [3.63, 3.8) is 0 Å². The van der Waals surface area contributed by atoms with Crippen LogP contribution in [-0.4, -0.2) is 43.7 Å². The predicted molar refractivity (Wildman–Crippen MR) is 90.4 cm³/mol. The van der Waals surface area contributed by atoms with Crippen molar-refractivity contribution >= 4 is 23.7 Å². The van der Waals surface area contributed by atoms with Gasteiger partial charge >= 0.3 is 6.03 Å². The van der Waals surface area contributed by atoms with Gasteiger partial charge in [0.2, 0.25) is 0 Å². The molecular formula is C17H22ClN3O. The number of rotatable bonds is 4. The maximum atomic E-state index is 11.5. The number of halogens is 1. The molecule has 0 atom stereocenters. The number of carbonyl (C=O) groups excluding carboxylic acids is 1. The second kappa shape index (κ2) is 7.16. The van der Waals surface area contributed by atoms with Gasteiger partial charge in [-0.3, -0.25) is 0 Å². The van der Waals surface area contributed by atoms with Crippen LogP contribution in [-0.2, 0) is 12.8 Å². The summed E-state index contributed by atoms with van der Waals surface area (Å²) < 4.78 is 0. The van der Waals surface area contributed by atoms with Crippen LogP contribution >= 0.6 is 11.6 Å². The van der Waals surface area contributed by atoms with Gasteiger partial charge in [0.15, 0.2) is 0 Å². The van der Waals surface area contributed by atoms with Crippen molar-refractivity contribution in [2.75, 3.05) is 32.7 Å². The average Bonchev–Trinajstić information content (AvgIpc) is 2.78. The lowest BCUT2D eigenvalue weighted by molar-refractivity contribution is 0.218. The second-order valence-electron chi connectivity index (χ2n) is 5.76. The molecule has 2 amide bonds. The Morgan fingerprint density at radius 1 is 1.23 bits per heavy atom. The molecule has 118 valence electrons. The summed E-state index contributed by atoms with van der Waals surface area (Å²) in [7, 11) is 0. The topological polar surface area (TPSA) is 44.4 Å². The van der Waals surface area contributed by atoms with Gasteiger partial charge in [-0.05, 0) is 55.1 Å². The lowest BCUT2D eigenvalue weighted by Gasteiger charge is -2.13. The molecule has 0 aromatic heterocycles. The normalized spacial score (nSPS) is 18.4. The van der Waals surface area contributed by atoms with Crippen molar-refractivity contribution in [3.05, 3.63) is 39.9 Å². The van der Waals surface area contributed by atoms with Crippen molar-refractivity contribution in [1.82, 2.24) is 15.5 Å². The first-order chi connectivity index (χ1) is 10.8. The first-order valence-electron chi connectivity index (χ1n) is 7.96. The fraction of sp³-hybridized carbons (Fsp3) is 0.471. The van der Waals surface area contributed by atoms with E-state index in [-0.39, 0.29) is 6.03 Å². The lowest BCUT2D eigenvalue weighted by atomic mass is 9.96. The number of hydrogen-bond donors (Lipinski definition) is 2. The minimum atomic E-state index is 0.0473. The molecule has 1 fully saturated rings. The number of benzene rings is 1. The fourth-order valence-corrected chi connectivity index (χ4v) is 3.35. The van der Waals surface area contributed by atoms with E-state index in [4.69, 9.17) is 11.6 Å². The number of amides is 2. The van der Waals surface area contributed by atoms with Crippen LogP contribution in [0.4, 0.5) is 4.79 Å². The molecule has 0 unspecified atom stereocenters. The van der Waals surface area contributed by atoms with Crippen molar-refractivity contribution in [1.29, 1.82) is 0 Å². The van der Waals surface area contributed by atoms with E-state index in [0.29, 0.717) is 0 Å². The minimum absolute atomic E-state index is 0.0473. The third kappa shape index (κ3) is 3.45. The van der Waals surface area contributed by atoms with E-state index in [0.717, 1.165) is 62.6 Å². The Morgan fingerprint density at radius 3 is 2.91 bits per heavy atom. The smallest absolute Gasteiger partial charge is 0.317 e. The molecule has 1 aromatic rings. The summed E-state index contributed by atoms with van der Waals surface area (Å²) in [5, 5.41) is 7.07. The standard InChI is InChI=1S/C17H22ClN3O/c18-16-5-4-13-6-8-19-9-7-14(13)15(16)3-1-2-11-21-12-10-20-17(21)22/h1,3-5,19H,2,6-12H2,(H,20,22)/b3-1-. The molecule has 1 saturated heterocycles. The van der Waals surface area contributed by atoms with Gasteiger partial charge in [0.25, 0.3) is 0 Å². The highest BCUT2D eigenvalue weighted by Crippen LogP contribution is 2.27. The zero-order valence-corrected chi connectivity index (χ0v) is 13.5. The Hall–Kier alpha value is -1.52. The van der Waals surface area contributed by atoms with E-state index in [1.54, 1.807) is 0 Å². The van der Waals surface area contributed by atoms with Crippen molar-refractivity contribution in [3.8, 4) is 0 Å². The number of hydrogen-bond acceptors (Lipinski definition) is 2. The van der Waals surface area contributed by atoms with Gasteiger partial charge in [-0.25, -0.2) is 4.79 Å². The molecule has 0 spiro atoms. The van der Waals surface area contributed by atoms with E-state index < -0.39 is 0 Å². The van der Waals surface area contributed by atoms with E-state index in [2.05, 4.69) is 28.9 Å². The molecule has 2 N–H and O–H groups in total. The van der Waals surface area contributed by atoms with E-state index in [1.807, 2.05) is 11.0 Å². The quantitative estimate of drug-likeness (QED) is 0.895. The van der Waals surface area contributed by atoms with Crippen molar-refractivity contribution in [2.45, 2.75) is 19.3 Å². The zero-order valence-electron chi connectivity index (χ0n) is 12.7. The van der Waals surface area contributed by atoms with E-state index >= 15 is 0 Å². The minimum Gasteiger partial charge on any atom is -0.336 e. The third-order valence-electron chi connectivity index (χ3n) is 4.32. The Balaban J connectivity index is 1.68. The highest BCUT2D eigenvalue weighted by Gasteiger charge is 2.18. The van der Waals surface area contributed by atoms with Crippen LogP contribution in [0.5, 0.6) is 0 Å². The van der Waals surface area contributed by atoms with E-state index in [9.17, 15) is 4.79 Å². The summed E-state index contributed by atoms with van der Waals surface area (Å²) in [6.07, 6.45) is 7.18. The van der Waals surface area contributed by atoms with Gasteiger partial charge < -0.3 is 15.5 Å². The van der Waals surface area contributed by atoms with Crippen LogP contribution in [0, 0.1) is 0 Å². The molecule has 3 rings (SSSR count). The molecule has 0 aliphatic carbocycles. The number of nitrogens with one attached hydrogen (secondary N) is 2. The summed E-state index contributed by atoms with van der Waals surface area (Å²) in [6, 6.07) is 4.20. The molecule has 2 aliphatic rings. The summed E-state index contributed by atoms with van der Waals surface area (Å²) in [6.45, 7) is 4.36. The maximum Gasteiger partial charge on any atom is 0.317 e. The molecular weight excluding hydrogens is 298 g/mol. The van der Waals surface area contributed by atoms with Crippen molar-refractivity contribution in [2.24, 2.45) is 0 Å². The molecule has 1 aromatic carbocycles. The van der Waals surface area contributed by atoms with Crippen LogP contribution in [0.15, 0.2) is 18.2 Å². The second-order valence-corrected chi connectivity index (χ2v) is 6.17. The first kappa shape index (κ1) is 15.4. The fourth-order valence-electron chi connectivity index (χ4n) is 3.11. The highest BCUT2D eigenvalue weighted by atomic mass is 35.5. The predicted octanol–water partition coefficient (Wildman–Crippen LogP) is 2.46. The Bertz CT molecular complexity index is 586. The maximum absolute atomic E-state index is 11.5. The monoisotopic (exact) mass is 319 g/mol. The highest BCUT2D eigenvalue weighted by molar-refractivity contribution is 6.32. The van der Waals surface area contributed by atoms with Crippen LogP contribution in [0.3, 0.4) is 0 Å². The molecule has 2 heterocycles. The van der Waals surface area contributed by atoms with Gasteiger partial charge in [0.1, 0.15) is 0 Å². The molecule has 0 bridgehead atoms. The largest absolute Gasteiger partial charge is 0.336 e. The van der Waals surface area contributed by atoms with Crippen LogP contribution in [0.25, 0.3) is 6.08 Å². The SMILES string of the molecule is O=C1NCCN1CC/C=C\c1c(Cl)ccc2c1CCNCC2. The number of carbonyl (C=O) groups is 1. The molecule has 4 nitrogen and oxygen atoms in total. The van der Waals surface area contributed by atoms with Gasteiger partial charge in [-0.2, -0.15) is 0 Å². The number of nitrogens with zero attached hydrogens (tertiary/aromatic N) is 1. The summed E-state index contributed by atoms with van der Waals surface area (Å²) >= 11 is 6.40. The molecule has 22 heavy (non-hydrogen) atoms. The number of urea groups is 1. The summed E-state index contributed by atoms with van der Waals surface area (Å²) in [5.74, 6) is 0. The van der Waals surface area contributed by atoms with Crippen LogP contribution < -0.4 is 10.6 Å². The molecule has 0 radical (unpaired) electrons. The molecule has 0 saturated carbocycles. The van der Waals surface area contributed by atoms with E-state index in [1.165, 1.54) is 11.1 Å². The molecule has 5 heteroatoms. The van der Waals surface area contributed by atoms with Gasteiger partial charge in [-0.15, -0.1) is 0 Å². The first-order valence-corrected chi connectivity index (χ1v) is 8.34. The van der Waals surface area contributed by atoms with Gasteiger partial charge in [0.05, 0.1) is 0 Å². The van der Waals surface area contributed by atoms with Crippen LogP contribution in [0.2, 0.25) is 5.02 Å². The summed E-state index contributed by atoms with van der Waals surface area (Å²) in [4.78, 5) is 13.3. The van der Waals surface area contributed by atoms with Crippen LogP contribution in [0.1, 0.15) is 23.1 Å². The zero-order chi connectivity index (χ0) is 15.4. The lowest BCUT2D eigenvalue weighted by Crippen LogP contribution is -2.28. The Kier molecular flexibility index (Phi) is 5.01. The Labute approximate surface area is 136 Å². The van der Waals surface area contributed by atoms with Crippen molar-refractivity contribution < 1.29 is 4.79 Å². The third-order valence-corrected chi connectivity index (χ3v) is 4.65. The summed E-state index contributed by atoms with van der Waals surface area (Å²) in [5.41, 5.74) is 3.91. The van der Waals surface area contributed by atoms with Gasteiger partial charge in [0, 0.05) is 24.7 Å². The average molecular weight is 320 g/mol. The molecule has 2 aliphatic heterocycles. The van der Waals surface area contributed by atoms with Gasteiger partial charge in [-0.1, -0.05) is 29.8 Å². The number of fused-ring (bicyclic) bond motifs is 1.